The molecule has 45 heavy (non-hydrogen) atoms. The zero-order chi connectivity index (χ0) is 31.4. The normalized spacial score (nSPS) is 22.6. The number of imidazole rings is 1. The van der Waals surface area contributed by atoms with Gasteiger partial charge in [-0.1, -0.05) is 18.6 Å². The first-order valence-corrected chi connectivity index (χ1v) is 16.1. The Bertz CT molecular complexity index is 1780. The number of carbonyl (C=O) groups is 2. The number of carbonyl (C=O) groups excluding carboxylic acids is 2. The molecular formula is C35H41N7O3. The number of nitrogens with zero attached hydrogens (tertiary/aromatic N) is 6. The highest BCUT2D eigenvalue weighted by Crippen LogP contribution is 2.42. The van der Waals surface area contributed by atoms with Crippen molar-refractivity contribution in [3.05, 3.63) is 35.9 Å². The number of rotatable bonds is 9. The Labute approximate surface area is 263 Å². The van der Waals surface area contributed by atoms with E-state index in [1.165, 1.54) is 12.8 Å². The molecular weight excluding hydrogens is 566 g/mol. The summed E-state index contributed by atoms with van der Waals surface area (Å²) in [7, 11) is 1.64. The number of aromatic nitrogens is 3. The molecule has 2 N–H and O–H groups in total. The van der Waals surface area contributed by atoms with E-state index in [-0.39, 0.29) is 29.8 Å². The average Bonchev–Trinajstić information content (AvgIpc) is 3.40. The van der Waals surface area contributed by atoms with E-state index in [0.29, 0.717) is 54.8 Å². The third kappa shape index (κ3) is 5.03. The summed E-state index contributed by atoms with van der Waals surface area (Å²) in [6.07, 6.45) is 8.08. The summed E-state index contributed by atoms with van der Waals surface area (Å²) >= 11 is 0. The predicted molar refractivity (Wildman–Crippen MR) is 175 cm³/mol. The van der Waals surface area contributed by atoms with Crippen molar-refractivity contribution >= 4 is 41.0 Å². The largest absolute Gasteiger partial charge is 0.494 e. The summed E-state index contributed by atoms with van der Waals surface area (Å²) in [5.41, 5.74) is 10.4. The number of benzene rings is 1. The van der Waals surface area contributed by atoms with Crippen LogP contribution in [0.2, 0.25) is 0 Å². The van der Waals surface area contributed by atoms with Crippen molar-refractivity contribution in [2.45, 2.75) is 64.7 Å². The molecule has 1 aromatic carbocycles. The van der Waals surface area contributed by atoms with Gasteiger partial charge in [-0.2, -0.15) is 0 Å². The Kier molecular flexibility index (Phi) is 7.52. The van der Waals surface area contributed by atoms with E-state index in [0.717, 1.165) is 47.8 Å². The van der Waals surface area contributed by atoms with Crippen LogP contribution in [0.1, 0.15) is 55.5 Å². The first kappa shape index (κ1) is 29.4. The fourth-order valence-electron chi connectivity index (χ4n) is 7.53. The van der Waals surface area contributed by atoms with E-state index >= 15 is 0 Å². The molecule has 7 rings (SSSR count). The third-order valence-corrected chi connectivity index (χ3v) is 10.0. The number of nitrogens with two attached hydrogens (primary N) is 1. The zero-order valence-corrected chi connectivity index (χ0v) is 26.3. The highest BCUT2D eigenvalue weighted by molar-refractivity contribution is 6.00. The van der Waals surface area contributed by atoms with Crippen LogP contribution in [0.3, 0.4) is 0 Å². The van der Waals surface area contributed by atoms with Crippen LogP contribution in [0, 0.1) is 29.6 Å². The van der Waals surface area contributed by atoms with E-state index < -0.39 is 0 Å². The molecule has 2 saturated carbocycles. The van der Waals surface area contributed by atoms with Gasteiger partial charge in [-0.15, -0.1) is 0 Å². The summed E-state index contributed by atoms with van der Waals surface area (Å²) in [5.74, 6) is 8.64. The van der Waals surface area contributed by atoms with Crippen LogP contribution < -0.4 is 10.5 Å². The second-order valence-electron chi connectivity index (χ2n) is 12.9. The Hall–Kier alpha value is -4.36. The lowest BCUT2D eigenvalue weighted by molar-refractivity contribution is -0.131. The number of hydrogen-bond acceptors (Lipinski definition) is 6. The Morgan fingerprint density at radius 1 is 1.11 bits per heavy atom. The number of aliphatic imine (C=N–C) groups is 1. The van der Waals surface area contributed by atoms with Crippen LogP contribution in [0.5, 0.6) is 5.75 Å². The molecule has 4 fully saturated rings. The minimum Gasteiger partial charge on any atom is -0.494 e. The minimum atomic E-state index is -0.142. The lowest BCUT2D eigenvalue weighted by Crippen LogP contribution is -2.51. The summed E-state index contributed by atoms with van der Waals surface area (Å²) in [6.45, 7) is 11.1. The molecule has 4 heterocycles. The Balaban J connectivity index is 1.34. The SMILES string of the molecule is C=Cc1cc(-c2nc3cc(C(=O)N4CC5CCC4[C@@H]5N)cc(OC)c3n2CC2CN(C(=O)C#CC)C2)n(CC2CC2)c1N=CC. The van der Waals surface area contributed by atoms with E-state index in [1.807, 2.05) is 36.2 Å². The van der Waals surface area contributed by atoms with E-state index in [9.17, 15) is 9.59 Å². The van der Waals surface area contributed by atoms with Gasteiger partial charge in [-0.05, 0) is 75.5 Å². The maximum Gasteiger partial charge on any atom is 0.298 e. The Morgan fingerprint density at radius 3 is 2.51 bits per heavy atom. The number of piperidine rings is 1. The van der Waals surface area contributed by atoms with Crippen LogP contribution in [-0.2, 0) is 17.9 Å². The lowest BCUT2D eigenvalue weighted by atomic mass is 9.99. The van der Waals surface area contributed by atoms with Gasteiger partial charge in [0.15, 0.2) is 5.82 Å². The predicted octanol–water partition coefficient (Wildman–Crippen LogP) is 4.33. The van der Waals surface area contributed by atoms with Crippen LogP contribution in [-0.4, -0.2) is 80.8 Å². The van der Waals surface area contributed by atoms with Gasteiger partial charge in [0.05, 0.1) is 18.3 Å². The molecule has 2 aliphatic carbocycles. The summed E-state index contributed by atoms with van der Waals surface area (Å²) in [5, 5.41) is 0. The number of ether oxygens (including phenoxy) is 1. The Morgan fingerprint density at radius 2 is 1.89 bits per heavy atom. The topological polar surface area (TPSA) is 111 Å². The molecule has 10 heteroatoms. The van der Waals surface area contributed by atoms with Gasteiger partial charge in [0.25, 0.3) is 11.8 Å². The van der Waals surface area contributed by atoms with Gasteiger partial charge in [0.2, 0.25) is 0 Å². The number of amides is 2. The zero-order valence-electron chi connectivity index (χ0n) is 26.3. The molecule has 2 saturated heterocycles. The molecule has 2 amide bonds. The smallest absolute Gasteiger partial charge is 0.298 e. The summed E-state index contributed by atoms with van der Waals surface area (Å²) < 4.78 is 10.5. The molecule has 2 aromatic heterocycles. The van der Waals surface area contributed by atoms with Crippen molar-refractivity contribution in [1.29, 1.82) is 0 Å². The maximum atomic E-state index is 13.9. The van der Waals surface area contributed by atoms with Gasteiger partial charge in [-0.3, -0.25) is 9.59 Å². The lowest BCUT2D eigenvalue weighted by Gasteiger charge is -2.38. The second kappa shape index (κ2) is 11.5. The van der Waals surface area contributed by atoms with Crippen molar-refractivity contribution in [3.63, 3.8) is 0 Å². The van der Waals surface area contributed by atoms with Crippen molar-refractivity contribution in [1.82, 2.24) is 23.9 Å². The summed E-state index contributed by atoms with van der Waals surface area (Å²) in [4.78, 5) is 40.0. The average molecular weight is 608 g/mol. The van der Waals surface area contributed by atoms with E-state index in [4.69, 9.17) is 20.4 Å². The van der Waals surface area contributed by atoms with Gasteiger partial charge in [0, 0.05) is 68.1 Å². The second-order valence-corrected chi connectivity index (χ2v) is 12.9. The van der Waals surface area contributed by atoms with Crippen LogP contribution in [0.25, 0.3) is 28.6 Å². The van der Waals surface area contributed by atoms with Gasteiger partial charge < -0.3 is 29.4 Å². The fraction of sp³-hybridized carbons (Fsp3) is 0.486. The van der Waals surface area contributed by atoms with Gasteiger partial charge in [0.1, 0.15) is 17.1 Å². The van der Waals surface area contributed by atoms with Crippen molar-refractivity contribution < 1.29 is 14.3 Å². The number of hydrogen-bond donors (Lipinski definition) is 1. The molecule has 0 radical (unpaired) electrons. The van der Waals surface area contributed by atoms with Crippen LogP contribution >= 0.6 is 0 Å². The highest BCUT2D eigenvalue weighted by Gasteiger charge is 2.47. The number of fused-ring (bicyclic) bond motifs is 3. The van der Waals surface area contributed by atoms with Gasteiger partial charge >= 0.3 is 0 Å². The van der Waals surface area contributed by atoms with Gasteiger partial charge in [-0.25, -0.2) is 9.98 Å². The standard InChI is InChI=1S/C35H41N7O3/c1-5-8-30(43)39-16-22(17-39)19-42-32-26(13-25(15-29(32)45-4)35(44)41-20-24-11-12-27(41)31(24)36)38-34(42)28-14-23(6-2)33(37-7-3)40(28)18-21-9-10-21/h6-7,13-15,21-22,24,27,31H,2,9-12,16-20,36H2,1,3-4H3/t24?,27?,31-/m1/s1. The number of methoxy groups -OCH3 is 1. The molecule has 10 nitrogen and oxygen atoms in total. The van der Waals surface area contributed by atoms with Crippen LogP contribution in [0.4, 0.5) is 5.82 Å². The summed E-state index contributed by atoms with van der Waals surface area (Å²) in [6, 6.07) is 5.99. The third-order valence-electron chi connectivity index (χ3n) is 10.0. The number of likely N-dealkylation sites (tertiary alicyclic amines) is 2. The highest BCUT2D eigenvalue weighted by atomic mass is 16.5. The molecule has 234 valence electrons. The molecule has 2 unspecified atom stereocenters. The maximum absolute atomic E-state index is 13.9. The first-order chi connectivity index (χ1) is 21.8. The molecule has 2 bridgehead atoms. The first-order valence-electron chi connectivity index (χ1n) is 16.1. The molecule has 0 spiro atoms. The molecule has 2 aliphatic heterocycles. The van der Waals surface area contributed by atoms with Crippen molar-refractivity contribution in [2.75, 3.05) is 26.7 Å². The fourth-order valence-corrected chi connectivity index (χ4v) is 7.53. The molecule has 4 aliphatic rings. The van der Waals surface area contributed by atoms with E-state index in [2.05, 4.69) is 33.6 Å². The minimum absolute atomic E-state index is 0.0234. The molecule has 3 aromatic rings. The quantitative estimate of drug-likeness (QED) is 0.288. The van der Waals surface area contributed by atoms with E-state index in [1.54, 1.807) is 18.9 Å². The van der Waals surface area contributed by atoms with Crippen LogP contribution in [0.15, 0.2) is 29.8 Å². The molecule has 3 atom stereocenters. The monoisotopic (exact) mass is 607 g/mol. The van der Waals surface area contributed by atoms with Crippen molar-refractivity contribution in [3.8, 4) is 29.1 Å². The van der Waals surface area contributed by atoms with Crippen molar-refractivity contribution in [2.24, 2.45) is 28.5 Å².